The quantitative estimate of drug-likeness (QED) is 0.665. The van der Waals surface area contributed by atoms with Crippen LogP contribution in [0, 0.1) is 5.41 Å². The molecule has 0 saturated heterocycles. The van der Waals surface area contributed by atoms with Crippen molar-refractivity contribution in [1.82, 2.24) is 4.90 Å². The number of nitrogens with zero attached hydrogens (tertiary/aromatic N) is 1. The highest BCUT2D eigenvalue weighted by atomic mass is 79.9. The molecule has 0 unspecified atom stereocenters. The number of ether oxygens (including phenoxy) is 1. The molecule has 1 rings (SSSR count). The number of carbonyl (C=O) groups is 1. The van der Waals surface area contributed by atoms with E-state index in [1.54, 1.807) is 12.0 Å². The summed E-state index contributed by atoms with van der Waals surface area (Å²) in [5.41, 5.74) is 0.0212. The van der Waals surface area contributed by atoms with Gasteiger partial charge in [-0.05, 0) is 36.6 Å². The molecule has 0 N–H and O–H groups in total. The van der Waals surface area contributed by atoms with Gasteiger partial charge in [0.15, 0.2) is 0 Å². The first-order valence-electron chi connectivity index (χ1n) is 7.07. The number of methoxy groups -OCH3 is 1. The maximum atomic E-state index is 12.1. The van der Waals surface area contributed by atoms with E-state index in [0.29, 0.717) is 6.42 Å². The lowest BCUT2D eigenvalue weighted by Gasteiger charge is -2.37. The summed E-state index contributed by atoms with van der Waals surface area (Å²) in [6.45, 7) is 0.805. The fourth-order valence-electron chi connectivity index (χ4n) is 2.67. The van der Waals surface area contributed by atoms with Crippen LogP contribution in [0.3, 0.4) is 0 Å². The predicted molar refractivity (Wildman–Crippen MR) is 82.3 cm³/mol. The van der Waals surface area contributed by atoms with Crippen molar-refractivity contribution in [2.45, 2.75) is 44.9 Å². The smallest absolute Gasteiger partial charge is 0.222 e. The van der Waals surface area contributed by atoms with E-state index in [2.05, 4.69) is 22.0 Å². The second-order valence-corrected chi connectivity index (χ2v) is 6.49. The van der Waals surface area contributed by atoms with Gasteiger partial charge in [0.25, 0.3) is 0 Å². The first-order chi connectivity index (χ1) is 9.02. The van der Waals surface area contributed by atoms with Crippen molar-refractivity contribution in [3.63, 3.8) is 0 Å². The van der Waals surface area contributed by atoms with Crippen LogP contribution < -0.4 is 0 Å². The third-order valence-electron chi connectivity index (χ3n) is 3.93. The molecular formula is C15H26BrNO2. The lowest BCUT2D eigenvalue weighted by Crippen LogP contribution is -2.33. The molecule has 4 heteroatoms. The van der Waals surface area contributed by atoms with Gasteiger partial charge in [0, 0.05) is 39.6 Å². The van der Waals surface area contributed by atoms with Crippen LogP contribution in [0.25, 0.3) is 0 Å². The lowest BCUT2D eigenvalue weighted by atomic mass is 9.72. The molecule has 3 nitrogen and oxygen atoms in total. The third-order valence-corrected chi connectivity index (χ3v) is 5.10. The van der Waals surface area contributed by atoms with Crippen molar-refractivity contribution in [2.24, 2.45) is 5.41 Å². The van der Waals surface area contributed by atoms with Crippen LogP contribution in [0.1, 0.15) is 44.9 Å². The second kappa shape index (κ2) is 8.05. The van der Waals surface area contributed by atoms with Crippen LogP contribution >= 0.6 is 15.9 Å². The zero-order valence-electron chi connectivity index (χ0n) is 12.4. The summed E-state index contributed by atoms with van der Waals surface area (Å²) in [7, 11) is 5.41. The van der Waals surface area contributed by atoms with Crippen LogP contribution in [-0.4, -0.2) is 38.6 Å². The minimum atomic E-state index is 0.0212. The van der Waals surface area contributed by atoms with Crippen molar-refractivity contribution in [2.75, 3.05) is 27.8 Å². The molecule has 1 aliphatic rings. The summed E-state index contributed by atoms with van der Waals surface area (Å²) in [6.07, 6.45) is 9.51. The molecule has 0 saturated carbocycles. The number of amides is 1. The van der Waals surface area contributed by atoms with E-state index >= 15 is 0 Å². The molecule has 1 amide bonds. The maximum Gasteiger partial charge on any atom is 0.222 e. The van der Waals surface area contributed by atoms with Crippen LogP contribution in [0.2, 0.25) is 0 Å². The first-order valence-corrected chi connectivity index (χ1v) is 7.86. The predicted octanol–water partition coefficient (Wildman–Crippen LogP) is 3.73. The normalized spacial score (nSPS) is 23.1. The zero-order valence-corrected chi connectivity index (χ0v) is 14.0. The number of hydrogen-bond acceptors (Lipinski definition) is 2. The second-order valence-electron chi connectivity index (χ2n) is 5.64. The Bertz CT molecular complexity index is 328. The molecule has 0 aromatic carbocycles. The average molecular weight is 332 g/mol. The highest BCUT2D eigenvalue weighted by molar-refractivity contribution is 9.11. The van der Waals surface area contributed by atoms with E-state index in [0.717, 1.165) is 38.7 Å². The van der Waals surface area contributed by atoms with E-state index < -0.39 is 0 Å². The number of allylic oxidation sites excluding steroid dienone is 2. The lowest BCUT2D eigenvalue weighted by molar-refractivity contribution is -0.130. The number of carbonyl (C=O) groups excluding carboxylic acids is 1. The Labute approximate surface area is 125 Å². The first kappa shape index (κ1) is 16.7. The van der Waals surface area contributed by atoms with E-state index in [1.165, 1.54) is 10.9 Å². The van der Waals surface area contributed by atoms with Gasteiger partial charge in [0.2, 0.25) is 5.91 Å². The molecule has 19 heavy (non-hydrogen) atoms. The maximum absolute atomic E-state index is 12.1. The molecular weight excluding hydrogens is 306 g/mol. The molecule has 0 fully saturated rings. The number of hydrogen-bond donors (Lipinski definition) is 0. The standard InChI is InChI=1S/C15H26BrNO2/c1-17(2)14(18)12-15(10-6-7-11-19-3)9-5-4-8-13(15)16/h8H,4-7,9-12H2,1-3H3/t15-/m0/s1. The summed E-state index contributed by atoms with van der Waals surface area (Å²) >= 11 is 3.72. The van der Waals surface area contributed by atoms with Gasteiger partial charge in [0.05, 0.1) is 0 Å². The summed E-state index contributed by atoms with van der Waals surface area (Å²) < 4.78 is 6.34. The molecule has 0 bridgehead atoms. The summed E-state index contributed by atoms with van der Waals surface area (Å²) in [4.78, 5) is 13.8. The van der Waals surface area contributed by atoms with Crippen molar-refractivity contribution in [3.8, 4) is 0 Å². The van der Waals surface area contributed by atoms with Crippen molar-refractivity contribution in [3.05, 3.63) is 10.6 Å². The molecule has 1 aliphatic carbocycles. The van der Waals surface area contributed by atoms with Crippen molar-refractivity contribution in [1.29, 1.82) is 0 Å². The average Bonchev–Trinajstić information content (AvgIpc) is 2.38. The Morgan fingerprint density at radius 2 is 2.21 bits per heavy atom. The Hall–Kier alpha value is -0.350. The number of rotatable bonds is 7. The minimum Gasteiger partial charge on any atom is -0.385 e. The highest BCUT2D eigenvalue weighted by Gasteiger charge is 2.36. The van der Waals surface area contributed by atoms with Gasteiger partial charge in [-0.15, -0.1) is 0 Å². The van der Waals surface area contributed by atoms with Gasteiger partial charge < -0.3 is 9.64 Å². The summed E-state index contributed by atoms with van der Waals surface area (Å²) in [5.74, 6) is 0.221. The van der Waals surface area contributed by atoms with Crippen LogP contribution in [0.5, 0.6) is 0 Å². The molecule has 1 atom stereocenters. The topological polar surface area (TPSA) is 29.5 Å². The summed E-state index contributed by atoms with van der Waals surface area (Å²) in [5, 5.41) is 0. The largest absolute Gasteiger partial charge is 0.385 e. The Morgan fingerprint density at radius 1 is 1.47 bits per heavy atom. The fraction of sp³-hybridized carbons (Fsp3) is 0.800. The zero-order chi connectivity index (χ0) is 14.3. The van der Waals surface area contributed by atoms with Gasteiger partial charge in [-0.2, -0.15) is 0 Å². The molecule has 0 aromatic rings. The van der Waals surface area contributed by atoms with Gasteiger partial charge in [-0.1, -0.05) is 28.4 Å². The van der Waals surface area contributed by atoms with Crippen LogP contribution in [0.4, 0.5) is 0 Å². The Kier molecular flexibility index (Phi) is 7.08. The molecule has 0 heterocycles. The molecule has 0 spiro atoms. The highest BCUT2D eigenvalue weighted by Crippen LogP contribution is 2.47. The van der Waals surface area contributed by atoms with E-state index in [-0.39, 0.29) is 11.3 Å². The van der Waals surface area contributed by atoms with Crippen molar-refractivity contribution < 1.29 is 9.53 Å². The molecule has 110 valence electrons. The number of halogens is 1. The fourth-order valence-corrected chi connectivity index (χ4v) is 3.43. The molecule has 0 radical (unpaired) electrons. The van der Waals surface area contributed by atoms with Gasteiger partial charge in [0.1, 0.15) is 0 Å². The van der Waals surface area contributed by atoms with Crippen molar-refractivity contribution >= 4 is 21.8 Å². The Balaban J connectivity index is 2.70. The molecule has 0 aromatic heterocycles. The summed E-state index contributed by atoms with van der Waals surface area (Å²) in [6, 6.07) is 0. The van der Waals surface area contributed by atoms with Crippen LogP contribution in [-0.2, 0) is 9.53 Å². The monoisotopic (exact) mass is 331 g/mol. The van der Waals surface area contributed by atoms with E-state index in [9.17, 15) is 4.79 Å². The SMILES string of the molecule is COCCCC[C@]1(CC(=O)N(C)C)CCCC=C1Br. The Morgan fingerprint density at radius 3 is 2.79 bits per heavy atom. The van der Waals surface area contributed by atoms with E-state index in [4.69, 9.17) is 4.74 Å². The third kappa shape index (κ3) is 4.92. The van der Waals surface area contributed by atoms with Crippen LogP contribution in [0.15, 0.2) is 10.6 Å². The van der Waals surface area contributed by atoms with Gasteiger partial charge in [-0.3, -0.25) is 4.79 Å². The number of unbranched alkanes of at least 4 members (excludes halogenated alkanes) is 1. The molecule has 0 aliphatic heterocycles. The van der Waals surface area contributed by atoms with E-state index in [1.807, 2.05) is 14.1 Å². The minimum absolute atomic E-state index is 0.0212. The van der Waals surface area contributed by atoms with Gasteiger partial charge >= 0.3 is 0 Å². The van der Waals surface area contributed by atoms with Gasteiger partial charge in [-0.25, -0.2) is 0 Å².